The number of aryl methyl sites for hydroxylation is 1. The molecule has 0 saturated heterocycles. The Morgan fingerprint density at radius 2 is 1.76 bits per heavy atom. The summed E-state index contributed by atoms with van der Waals surface area (Å²) in [5, 5.41) is 2.46. The number of halogens is 2. The fraction of sp³-hybridized carbons (Fsp3) is 0.500. The van der Waals surface area contributed by atoms with Gasteiger partial charge in [0.15, 0.2) is 0 Å². The Balaban J connectivity index is 3.29. The number of hydrogen-bond acceptors (Lipinski definition) is 3. The number of alkyl halides is 2. The van der Waals surface area contributed by atoms with Gasteiger partial charge in [-0.05, 0) is 31.7 Å². The lowest BCUT2D eigenvalue weighted by molar-refractivity contribution is -0.00362. The van der Waals surface area contributed by atoms with E-state index in [4.69, 9.17) is 9.47 Å². The van der Waals surface area contributed by atoms with Crippen molar-refractivity contribution in [2.45, 2.75) is 12.8 Å². The molecule has 5 heteroatoms. The lowest BCUT2D eigenvalue weighted by atomic mass is 10.0. The molecule has 0 fully saturated rings. The van der Waals surface area contributed by atoms with Crippen molar-refractivity contribution in [3.8, 4) is 11.5 Å². The van der Waals surface area contributed by atoms with Gasteiger partial charge in [-0.3, -0.25) is 0 Å². The third-order valence-corrected chi connectivity index (χ3v) is 2.51. The van der Waals surface area contributed by atoms with Crippen LogP contribution in [0.2, 0.25) is 0 Å². The van der Waals surface area contributed by atoms with Gasteiger partial charge in [0.25, 0.3) is 5.92 Å². The maximum atomic E-state index is 13.9. The smallest absolute Gasteiger partial charge is 0.289 e. The molecule has 0 unspecified atom stereocenters. The lowest BCUT2D eigenvalue weighted by Crippen LogP contribution is -2.28. The first-order chi connectivity index (χ1) is 7.96. The molecule has 0 saturated carbocycles. The fourth-order valence-electron chi connectivity index (χ4n) is 1.65. The molecule has 0 bridgehead atoms. The molecule has 0 aromatic heterocycles. The molecule has 0 heterocycles. The molecule has 0 aliphatic rings. The predicted molar refractivity (Wildman–Crippen MR) is 62.1 cm³/mol. The van der Waals surface area contributed by atoms with Gasteiger partial charge < -0.3 is 14.8 Å². The molecule has 1 aromatic carbocycles. The van der Waals surface area contributed by atoms with Crippen molar-refractivity contribution >= 4 is 0 Å². The molecule has 0 aliphatic heterocycles. The van der Waals surface area contributed by atoms with E-state index >= 15 is 0 Å². The summed E-state index contributed by atoms with van der Waals surface area (Å²) < 4.78 is 37.8. The minimum atomic E-state index is -3.00. The Bertz CT molecular complexity index is 394. The highest BCUT2D eigenvalue weighted by atomic mass is 19.3. The number of benzene rings is 1. The first kappa shape index (κ1) is 13.7. The summed E-state index contributed by atoms with van der Waals surface area (Å²) in [6, 6.07) is 2.88. The molecule has 1 rings (SSSR count). The molecule has 3 nitrogen and oxygen atoms in total. The third kappa shape index (κ3) is 2.85. The van der Waals surface area contributed by atoms with E-state index in [2.05, 4.69) is 5.32 Å². The lowest BCUT2D eigenvalue weighted by Gasteiger charge is -2.20. The van der Waals surface area contributed by atoms with E-state index in [9.17, 15) is 8.78 Å². The van der Waals surface area contributed by atoms with Crippen molar-refractivity contribution in [3.63, 3.8) is 0 Å². The Labute approximate surface area is 99.7 Å². The van der Waals surface area contributed by atoms with Gasteiger partial charge in [0, 0.05) is 0 Å². The number of methoxy groups -OCH3 is 2. The first-order valence-electron chi connectivity index (χ1n) is 5.21. The van der Waals surface area contributed by atoms with Gasteiger partial charge in [-0.2, -0.15) is 8.78 Å². The number of hydrogen-bond donors (Lipinski definition) is 1. The van der Waals surface area contributed by atoms with E-state index in [1.54, 1.807) is 13.0 Å². The van der Waals surface area contributed by atoms with Gasteiger partial charge in [-0.15, -0.1) is 0 Å². The van der Waals surface area contributed by atoms with Gasteiger partial charge >= 0.3 is 0 Å². The van der Waals surface area contributed by atoms with Crippen molar-refractivity contribution in [2.24, 2.45) is 0 Å². The average Bonchev–Trinajstić information content (AvgIpc) is 2.28. The quantitative estimate of drug-likeness (QED) is 0.863. The molecule has 0 radical (unpaired) electrons. The first-order valence-corrected chi connectivity index (χ1v) is 5.21. The topological polar surface area (TPSA) is 30.5 Å². The van der Waals surface area contributed by atoms with Crippen LogP contribution in [0.15, 0.2) is 12.1 Å². The summed E-state index contributed by atoms with van der Waals surface area (Å²) in [6.07, 6.45) is 0. The van der Waals surface area contributed by atoms with Crippen LogP contribution in [0.25, 0.3) is 0 Å². The summed E-state index contributed by atoms with van der Waals surface area (Å²) in [5.41, 5.74) is 0.588. The zero-order chi connectivity index (χ0) is 13.1. The van der Waals surface area contributed by atoms with E-state index in [1.165, 1.54) is 27.3 Å². The van der Waals surface area contributed by atoms with Crippen LogP contribution < -0.4 is 14.8 Å². The second-order valence-corrected chi connectivity index (χ2v) is 3.76. The van der Waals surface area contributed by atoms with Crippen molar-refractivity contribution < 1.29 is 18.3 Å². The van der Waals surface area contributed by atoms with Crippen molar-refractivity contribution in [1.82, 2.24) is 5.32 Å². The van der Waals surface area contributed by atoms with E-state index in [-0.39, 0.29) is 11.3 Å². The molecular weight excluding hydrogens is 228 g/mol. The molecule has 0 atom stereocenters. The number of ether oxygens (including phenoxy) is 2. The zero-order valence-corrected chi connectivity index (χ0v) is 10.4. The summed E-state index contributed by atoms with van der Waals surface area (Å²) in [4.78, 5) is 0. The highest BCUT2D eigenvalue weighted by Gasteiger charge is 2.34. The largest absolute Gasteiger partial charge is 0.496 e. The van der Waals surface area contributed by atoms with Crippen LogP contribution in [-0.2, 0) is 5.92 Å². The highest BCUT2D eigenvalue weighted by Crippen LogP contribution is 2.38. The minimum Gasteiger partial charge on any atom is -0.496 e. The molecule has 17 heavy (non-hydrogen) atoms. The van der Waals surface area contributed by atoms with E-state index in [1.807, 2.05) is 0 Å². The maximum Gasteiger partial charge on any atom is 0.289 e. The zero-order valence-electron chi connectivity index (χ0n) is 10.4. The summed E-state index contributed by atoms with van der Waals surface area (Å²) >= 11 is 0. The van der Waals surface area contributed by atoms with Crippen LogP contribution in [-0.4, -0.2) is 27.8 Å². The number of likely N-dealkylation sites (N-methyl/N-ethyl adjacent to an activating group) is 1. The van der Waals surface area contributed by atoms with Crippen LogP contribution in [0, 0.1) is 6.92 Å². The Kier molecular flexibility index (Phi) is 4.28. The molecule has 0 aliphatic carbocycles. The third-order valence-electron chi connectivity index (χ3n) is 2.51. The van der Waals surface area contributed by atoms with Gasteiger partial charge in [0.1, 0.15) is 11.5 Å². The van der Waals surface area contributed by atoms with Gasteiger partial charge in [0.05, 0.1) is 26.3 Å². The average molecular weight is 245 g/mol. The Hall–Kier alpha value is -1.36. The van der Waals surface area contributed by atoms with E-state index in [0.29, 0.717) is 5.75 Å². The fourth-order valence-corrected chi connectivity index (χ4v) is 1.65. The van der Waals surface area contributed by atoms with Gasteiger partial charge in [-0.25, -0.2) is 0 Å². The van der Waals surface area contributed by atoms with Crippen LogP contribution in [0.4, 0.5) is 8.78 Å². The molecule has 1 N–H and O–H groups in total. The number of nitrogens with one attached hydrogen (secondary N) is 1. The monoisotopic (exact) mass is 245 g/mol. The van der Waals surface area contributed by atoms with Crippen LogP contribution >= 0.6 is 0 Å². The molecule has 0 spiro atoms. The predicted octanol–water partition coefficient (Wildman–Crippen LogP) is 2.32. The molecule has 0 amide bonds. The normalized spacial score (nSPS) is 11.4. The summed E-state index contributed by atoms with van der Waals surface area (Å²) in [6.45, 7) is 1.33. The maximum absolute atomic E-state index is 13.9. The summed E-state index contributed by atoms with van der Waals surface area (Å²) in [7, 11) is 4.31. The second-order valence-electron chi connectivity index (χ2n) is 3.76. The van der Waals surface area contributed by atoms with Crippen molar-refractivity contribution in [2.75, 3.05) is 27.8 Å². The molecule has 1 aromatic rings. The summed E-state index contributed by atoms with van der Waals surface area (Å²) in [5.74, 6) is -2.40. The second kappa shape index (κ2) is 5.31. The van der Waals surface area contributed by atoms with Gasteiger partial charge in [-0.1, -0.05) is 0 Å². The van der Waals surface area contributed by atoms with Crippen LogP contribution in [0.3, 0.4) is 0 Å². The van der Waals surface area contributed by atoms with Gasteiger partial charge in [0.2, 0.25) is 0 Å². The van der Waals surface area contributed by atoms with Crippen LogP contribution in [0.5, 0.6) is 11.5 Å². The molecule has 96 valence electrons. The number of rotatable bonds is 5. The highest BCUT2D eigenvalue weighted by molar-refractivity contribution is 5.48. The molecular formula is C12H17F2NO2. The van der Waals surface area contributed by atoms with E-state index < -0.39 is 12.5 Å². The van der Waals surface area contributed by atoms with Crippen molar-refractivity contribution in [3.05, 3.63) is 23.3 Å². The standard InChI is InChI=1S/C12H17F2NO2/c1-8-5-11(17-4)9(6-10(8)16-3)12(13,14)7-15-2/h5-6,15H,7H2,1-4H3. The van der Waals surface area contributed by atoms with Crippen LogP contribution in [0.1, 0.15) is 11.1 Å². The van der Waals surface area contributed by atoms with E-state index in [0.717, 1.165) is 5.56 Å². The Morgan fingerprint density at radius 3 is 2.24 bits per heavy atom. The minimum absolute atomic E-state index is 0.170. The SMILES string of the molecule is CNCC(F)(F)c1cc(OC)c(C)cc1OC. The Morgan fingerprint density at radius 1 is 1.18 bits per heavy atom. The van der Waals surface area contributed by atoms with Crippen molar-refractivity contribution in [1.29, 1.82) is 0 Å².